The minimum Gasteiger partial charge on any atom is -0.508 e. The Labute approximate surface area is 605 Å². The Bertz CT molecular complexity index is 4220. The zero-order chi connectivity index (χ0) is 78.7. The van der Waals surface area contributed by atoms with Crippen LogP contribution in [0.2, 0.25) is 0 Å². The summed E-state index contributed by atoms with van der Waals surface area (Å²) in [5.74, 6) is -28.2. The lowest BCUT2D eigenvalue weighted by Crippen LogP contribution is -2.63. The number of hydrogen-bond donors (Lipinski definition) is 21. The van der Waals surface area contributed by atoms with Crippen LogP contribution in [0.5, 0.6) is 5.75 Å². The van der Waals surface area contributed by atoms with E-state index in [4.69, 9.17) is 15.2 Å². The molecule has 4 heterocycles. The standard InChI is InChI=1S/C67H80N14O26/c1-4-9-44-55(107-44)66(104)77-43(27-82)61(99)80-51-29(3)106-67(105)42(20-32-25-70-37-13-8-6-11-35(32)37)76-62(100)50(28(2)18-46(85)86)79-65(103)53(54(93)56(68)94)78-45(84)26-71-57(95)39(21-47(87)88)75-64(102)52(30-14-16-33(83)17-15-30)81-60(98)41(23-49(91)92)73-59(97)40(22-48(89)90)72-58(96)38(74-63(51)101)19-31-24-69-36-12-7-5-10-34(31)36/h5-8,10-17,24-25,28-29,38-44,50-55,69-70,82-83,93H,4,9,18-23,26-27H2,1-3H3,(H2,68,94)(H,71,95)(H,72,96)(H,73,97)(H,74,101)(H,75,102)(H,76,100)(H,77,104)(H,78,84)(H,79,103)(H,80,99)(H,81,98)(H,85,86)(H,87,88)(H,89,90)(H,91,92)/t28-,29?,38?,39+,40+,41?,42+,43+,44?,50?,51?,52-,53-,54+,55?/m1/s1. The van der Waals surface area contributed by atoms with Gasteiger partial charge in [-0.05, 0) is 60.2 Å². The maximum Gasteiger partial charge on any atom is 0.329 e. The number of phenolic OH excluding ortho intramolecular Hbond substituents is 1. The molecule has 7 rings (SSSR count). The van der Waals surface area contributed by atoms with Crippen LogP contribution >= 0.6 is 0 Å². The zero-order valence-electron chi connectivity index (χ0n) is 57.3. The minimum absolute atomic E-state index is 0.229. The summed E-state index contributed by atoms with van der Waals surface area (Å²) in [4.78, 5) is 242. The number of carbonyl (C=O) groups is 17. The predicted molar refractivity (Wildman–Crippen MR) is 363 cm³/mol. The number of carboxylic acids is 4. The molecule has 5 aromatic rings. The lowest BCUT2D eigenvalue weighted by atomic mass is 9.95. The third-order valence-electron chi connectivity index (χ3n) is 17.1. The Hall–Kier alpha value is -12.6. The number of primary amides is 1. The highest BCUT2D eigenvalue weighted by Gasteiger charge is 2.46. The highest BCUT2D eigenvalue weighted by atomic mass is 16.6. The van der Waals surface area contributed by atoms with Crippen LogP contribution in [0.3, 0.4) is 0 Å². The molecule has 2 aromatic heterocycles. The van der Waals surface area contributed by atoms with Crippen LogP contribution in [0.1, 0.15) is 82.0 Å². The van der Waals surface area contributed by atoms with E-state index in [1.54, 1.807) is 48.5 Å². The first kappa shape index (κ1) is 81.7. The van der Waals surface area contributed by atoms with Crippen molar-refractivity contribution in [2.75, 3.05) is 13.2 Å². The topological polar surface area (TPSA) is 643 Å². The number of carbonyl (C=O) groups excluding carboxylic acids is 13. The van der Waals surface area contributed by atoms with Crippen molar-refractivity contribution >= 4 is 123 Å². The van der Waals surface area contributed by atoms with Crippen molar-refractivity contribution in [2.24, 2.45) is 11.7 Å². The van der Waals surface area contributed by atoms with Gasteiger partial charge < -0.3 is 119 Å². The van der Waals surface area contributed by atoms with Gasteiger partial charge in [0.25, 0.3) is 5.91 Å². The Kier molecular flexibility index (Phi) is 28.4. The summed E-state index contributed by atoms with van der Waals surface area (Å²) in [7, 11) is 0. The lowest BCUT2D eigenvalue weighted by molar-refractivity contribution is -0.156. The summed E-state index contributed by atoms with van der Waals surface area (Å²) < 4.78 is 11.3. The van der Waals surface area contributed by atoms with Crippen LogP contribution in [-0.4, -0.2) is 238 Å². The van der Waals surface area contributed by atoms with Crippen molar-refractivity contribution in [3.8, 4) is 5.75 Å². The molecule has 2 aliphatic rings. The normalized spacial score (nSPS) is 24.4. The predicted octanol–water partition coefficient (Wildman–Crippen LogP) is -5.64. The first-order valence-electron chi connectivity index (χ1n) is 33.2. The van der Waals surface area contributed by atoms with Crippen LogP contribution in [-0.2, 0) is 104 Å². The number of aromatic amines is 2. The molecule has 2 fully saturated rings. The van der Waals surface area contributed by atoms with Gasteiger partial charge >= 0.3 is 29.8 Å². The number of aromatic nitrogens is 2. The van der Waals surface area contributed by atoms with Crippen LogP contribution in [0.15, 0.2) is 85.2 Å². The third-order valence-corrected chi connectivity index (χ3v) is 17.1. The van der Waals surface area contributed by atoms with E-state index in [0.29, 0.717) is 34.6 Å². The molecular weight excluding hydrogens is 1420 g/mol. The summed E-state index contributed by atoms with van der Waals surface area (Å²) in [6.45, 7) is 1.45. The minimum atomic E-state index is -2.73. The zero-order valence-corrected chi connectivity index (χ0v) is 57.3. The summed E-state index contributed by atoms with van der Waals surface area (Å²) >= 11 is 0. The molecule has 40 nitrogen and oxygen atoms in total. The number of aliphatic hydroxyl groups is 2. The number of H-pyrrole nitrogens is 2. The van der Waals surface area contributed by atoms with E-state index in [1.807, 2.05) is 28.2 Å². The first-order chi connectivity index (χ1) is 50.7. The molecule has 2 aliphatic heterocycles. The number of fused-ring (bicyclic) bond motifs is 2. The second-order valence-electron chi connectivity index (χ2n) is 25.2. The van der Waals surface area contributed by atoms with Gasteiger partial charge in [-0.2, -0.15) is 0 Å². The molecule has 0 aliphatic carbocycles. The number of nitrogens with two attached hydrogens (primary N) is 1. The molecule has 107 heavy (non-hydrogen) atoms. The number of ether oxygens (including phenoxy) is 2. The molecule has 12 amide bonds. The number of aliphatic hydroxyl groups excluding tert-OH is 2. The Morgan fingerprint density at radius 3 is 1.62 bits per heavy atom. The highest BCUT2D eigenvalue weighted by Crippen LogP contribution is 2.28. The van der Waals surface area contributed by atoms with Crippen molar-refractivity contribution in [2.45, 2.75) is 157 Å². The number of rotatable bonds is 23. The number of cyclic esters (lactones) is 1. The second-order valence-corrected chi connectivity index (χ2v) is 25.2. The summed E-state index contributed by atoms with van der Waals surface area (Å²) in [6, 6.07) is -5.25. The van der Waals surface area contributed by atoms with E-state index >= 15 is 14.4 Å². The average Bonchev–Trinajstić information content (AvgIpc) is 1.78. The summed E-state index contributed by atoms with van der Waals surface area (Å²) in [5, 5.41) is 96.5. The average molecular weight is 1500 g/mol. The van der Waals surface area contributed by atoms with Gasteiger partial charge in [-0.1, -0.05) is 68.8 Å². The van der Waals surface area contributed by atoms with Gasteiger partial charge in [0.15, 0.2) is 12.2 Å². The summed E-state index contributed by atoms with van der Waals surface area (Å²) in [6.07, 6.45) is -8.84. The van der Waals surface area contributed by atoms with E-state index in [9.17, 15) is 103 Å². The van der Waals surface area contributed by atoms with Crippen molar-refractivity contribution in [3.63, 3.8) is 0 Å². The molecule has 0 saturated carbocycles. The number of esters is 1. The third kappa shape index (κ3) is 22.7. The molecule has 574 valence electrons. The largest absolute Gasteiger partial charge is 0.508 e. The SMILES string of the molecule is CCCC1OC1C(=O)N[C@@H](CO)C(=O)NC1C(=O)NC(Cc2c[nH]c3ccccc23)C(=O)N[C@@H](CC(=O)O)C(=O)NC(CC(=O)O)C(=O)N[C@H](c2ccc(O)cc2)C(=O)N[C@@H](CC(=O)O)C(=O)NCC(=O)N[C@H]([C@H](O)C(N)=O)C(=O)NC([C@H](C)CC(=O)O)C(=O)N[C@@H](Cc2c[nH]c3ccccc23)C(=O)OC1C. The molecule has 15 atom stereocenters. The Balaban J connectivity index is 1.38. The van der Waals surface area contributed by atoms with Gasteiger partial charge in [-0.25, -0.2) is 4.79 Å². The van der Waals surface area contributed by atoms with Crippen molar-refractivity contribution in [1.29, 1.82) is 0 Å². The molecule has 7 unspecified atom stereocenters. The van der Waals surface area contributed by atoms with Crippen molar-refractivity contribution in [3.05, 3.63) is 102 Å². The molecule has 22 N–H and O–H groups in total. The number of epoxide rings is 1. The Morgan fingerprint density at radius 1 is 0.589 bits per heavy atom. The number of nitrogens with one attached hydrogen (secondary N) is 13. The van der Waals surface area contributed by atoms with Crippen molar-refractivity contribution in [1.82, 2.24) is 68.5 Å². The van der Waals surface area contributed by atoms with E-state index in [0.717, 1.165) is 38.1 Å². The monoisotopic (exact) mass is 1500 g/mol. The van der Waals surface area contributed by atoms with Gasteiger partial charge in [-0.15, -0.1) is 0 Å². The number of amides is 12. The molecule has 40 heteroatoms. The first-order valence-corrected chi connectivity index (χ1v) is 33.2. The number of hydrogen-bond acceptors (Lipinski definition) is 22. The van der Waals surface area contributed by atoms with E-state index in [1.165, 1.54) is 12.4 Å². The highest BCUT2D eigenvalue weighted by molar-refractivity contribution is 6.02. The molecule has 3 aromatic carbocycles. The van der Waals surface area contributed by atoms with Crippen LogP contribution in [0.4, 0.5) is 0 Å². The van der Waals surface area contributed by atoms with Gasteiger partial charge in [0.2, 0.25) is 65.0 Å². The number of aromatic hydroxyl groups is 1. The molecule has 2 saturated heterocycles. The maximum atomic E-state index is 15.3. The van der Waals surface area contributed by atoms with Gasteiger partial charge in [0.05, 0.1) is 44.9 Å². The van der Waals surface area contributed by atoms with Crippen molar-refractivity contribution < 1.29 is 127 Å². The summed E-state index contributed by atoms with van der Waals surface area (Å²) in [5.41, 5.74) is 6.48. The quantitative estimate of drug-likeness (QED) is 0.0214. The molecule has 0 spiro atoms. The number of aliphatic carboxylic acids is 4. The van der Waals surface area contributed by atoms with Gasteiger partial charge in [0.1, 0.15) is 72.3 Å². The maximum absolute atomic E-state index is 15.3. The van der Waals surface area contributed by atoms with E-state index < -0.39 is 249 Å². The fourth-order valence-corrected chi connectivity index (χ4v) is 11.5. The van der Waals surface area contributed by atoms with Crippen LogP contribution in [0, 0.1) is 5.92 Å². The fourth-order valence-electron chi connectivity index (χ4n) is 11.5. The lowest BCUT2D eigenvalue weighted by Gasteiger charge is -2.31. The molecular formula is C67H80N14O26. The van der Waals surface area contributed by atoms with Gasteiger partial charge in [-0.3, -0.25) is 76.7 Å². The number of carboxylic acid groups (broad SMARTS) is 4. The van der Waals surface area contributed by atoms with E-state index in [-0.39, 0.29) is 16.7 Å². The second kappa shape index (κ2) is 37.2. The van der Waals surface area contributed by atoms with Crippen LogP contribution in [0.25, 0.3) is 21.8 Å². The fraction of sp³-hybridized carbons (Fsp3) is 0.418. The number of benzene rings is 3. The molecule has 0 bridgehead atoms. The van der Waals surface area contributed by atoms with Gasteiger partial charge in [0, 0.05) is 47.0 Å². The Morgan fingerprint density at radius 2 is 1.08 bits per heavy atom. The number of phenols is 1. The van der Waals surface area contributed by atoms with Crippen LogP contribution < -0.4 is 64.2 Å². The smallest absolute Gasteiger partial charge is 0.329 e. The molecule has 0 radical (unpaired) electrons. The van der Waals surface area contributed by atoms with E-state index in [2.05, 4.69) is 47.2 Å². The number of para-hydroxylation sites is 2.